The SMILES string of the molecule is CCOc1ccc(-c2c(Nc3ccccc3)oc3c2c(=O)n(C)c(=O)n3C)cc1. The van der Waals surface area contributed by atoms with Gasteiger partial charge in [0.05, 0.1) is 12.2 Å². The fourth-order valence-corrected chi connectivity index (χ4v) is 3.32. The standard InChI is InChI=1S/C22H21N3O4/c1-4-28-16-12-10-14(11-13-16)17-18-20(26)24(2)22(27)25(3)21(18)29-19(17)23-15-8-6-5-7-9-15/h5-13,23H,4H2,1-3H3. The van der Waals surface area contributed by atoms with E-state index in [4.69, 9.17) is 9.15 Å². The third-order valence-corrected chi connectivity index (χ3v) is 4.77. The largest absolute Gasteiger partial charge is 0.494 e. The first-order valence-electron chi connectivity index (χ1n) is 9.29. The zero-order chi connectivity index (χ0) is 20.5. The lowest BCUT2D eigenvalue weighted by atomic mass is 10.0. The van der Waals surface area contributed by atoms with Crippen LogP contribution in [-0.2, 0) is 14.1 Å². The number of ether oxygens (including phenoxy) is 1. The van der Waals surface area contributed by atoms with E-state index >= 15 is 0 Å². The van der Waals surface area contributed by atoms with E-state index in [1.807, 2.05) is 61.5 Å². The third kappa shape index (κ3) is 3.20. The van der Waals surface area contributed by atoms with Crippen LogP contribution in [0.4, 0.5) is 11.6 Å². The molecule has 0 radical (unpaired) electrons. The lowest BCUT2D eigenvalue weighted by Gasteiger charge is -2.08. The monoisotopic (exact) mass is 391 g/mol. The summed E-state index contributed by atoms with van der Waals surface area (Å²) in [6, 6.07) is 16.9. The Balaban J connectivity index is 1.99. The molecular formula is C22H21N3O4. The van der Waals surface area contributed by atoms with E-state index in [2.05, 4.69) is 5.32 Å². The number of aryl methyl sites for hydroxylation is 1. The maximum atomic E-state index is 13.0. The van der Waals surface area contributed by atoms with Gasteiger partial charge in [-0.3, -0.25) is 13.9 Å². The molecule has 2 aromatic heterocycles. The van der Waals surface area contributed by atoms with Gasteiger partial charge < -0.3 is 14.5 Å². The van der Waals surface area contributed by atoms with Gasteiger partial charge in [0.2, 0.25) is 11.6 Å². The Morgan fingerprint density at radius 2 is 1.66 bits per heavy atom. The Morgan fingerprint density at radius 1 is 0.966 bits per heavy atom. The summed E-state index contributed by atoms with van der Waals surface area (Å²) in [5, 5.41) is 3.58. The van der Waals surface area contributed by atoms with Gasteiger partial charge in [0.1, 0.15) is 11.1 Å². The van der Waals surface area contributed by atoms with Crippen LogP contribution >= 0.6 is 0 Å². The second-order valence-corrected chi connectivity index (χ2v) is 6.64. The van der Waals surface area contributed by atoms with Crippen molar-refractivity contribution in [1.82, 2.24) is 9.13 Å². The van der Waals surface area contributed by atoms with E-state index in [9.17, 15) is 9.59 Å². The molecule has 7 heteroatoms. The van der Waals surface area contributed by atoms with Gasteiger partial charge in [0.15, 0.2) is 0 Å². The first-order chi connectivity index (χ1) is 14.0. The summed E-state index contributed by atoms with van der Waals surface area (Å²) in [7, 11) is 3.05. The van der Waals surface area contributed by atoms with E-state index < -0.39 is 11.2 Å². The molecule has 148 valence electrons. The maximum Gasteiger partial charge on any atom is 0.333 e. The molecule has 2 heterocycles. The van der Waals surface area contributed by atoms with Gasteiger partial charge in [-0.25, -0.2) is 4.79 Å². The molecule has 2 aromatic carbocycles. The van der Waals surface area contributed by atoms with Crippen LogP contribution in [0.1, 0.15) is 6.92 Å². The summed E-state index contributed by atoms with van der Waals surface area (Å²) in [6.07, 6.45) is 0. The summed E-state index contributed by atoms with van der Waals surface area (Å²) < 4.78 is 13.9. The highest BCUT2D eigenvalue weighted by molar-refractivity contribution is 5.99. The van der Waals surface area contributed by atoms with Crippen molar-refractivity contribution in [2.24, 2.45) is 14.1 Å². The minimum atomic E-state index is -0.444. The van der Waals surface area contributed by atoms with Gasteiger partial charge >= 0.3 is 5.69 Å². The van der Waals surface area contributed by atoms with Crippen LogP contribution < -0.4 is 21.3 Å². The molecule has 4 aromatic rings. The number of hydrogen-bond acceptors (Lipinski definition) is 5. The van der Waals surface area contributed by atoms with E-state index in [1.165, 1.54) is 11.6 Å². The fourth-order valence-electron chi connectivity index (χ4n) is 3.32. The molecular weight excluding hydrogens is 370 g/mol. The van der Waals surface area contributed by atoms with Crippen LogP contribution in [-0.4, -0.2) is 15.7 Å². The second-order valence-electron chi connectivity index (χ2n) is 6.64. The Labute approximate surface area is 166 Å². The molecule has 0 aliphatic rings. The Morgan fingerprint density at radius 3 is 2.31 bits per heavy atom. The predicted octanol–water partition coefficient (Wildman–Crippen LogP) is 3.64. The van der Waals surface area contributed by atoms with Crippen LogP contribution in [0.5, 0.6) is 5.75 Å². The molecule has 0 amide bonds. The van der Waals surface area contributed by atoms with Crippen LogP contribution in [0.3, 0.4) is 0 Å². The van der Waals surface area contributed by atoms with Crippen LogP contribution in [0.25, 0.3) is 22.2 Å². The average molecular weight is 391 g/mol. The van der Waals surface area contributed by atoms with Crippen molar-refractivity contribution in [3.8, 4) is 16.9 Å². The second kappa shape index (κ2) is 7.35. The number of rotatable bonds is 5. The molecule has 7 nitrogen and oxygen atoms in total. The molecule has 4 rings (SSSR count). The zero-order valence-corrected chi connectivity index (χ0v) is 16.4. The quantitative estimate of drug-likeness (QED) is 0.562. The summed E-state index contributed by atoms with van der Waals surface area (Å²) in [5.74, 6) is 1.13. The highest BCUT2D eigenvalue weighted by Crippen LogP contribution is 2.38. The van der Waals surface area contributed by atoms with Crippen molar-refractivity contribution < 1.29 is 9.15 Å². The van der Waals surface area contributed by atoms with Crippen molar-refractivity contribution in [1.29, 1.82) is 0 Å². The molecule has 1 N–H and O–H groups in total. The molecule has 0 aliphatic carbocycles. The van der Waals surface area contributed by atoms with Gasteiger partial charge in [-0.2, -0.15) is 0 Å². The fraction of sp³-hybridized carbons (Fsp3) is 0.182. The smallest absolute Gasteiger partial charge is 0.333 e. The number of benzene rings is 2. The number of furan rings is 1. The zero-order valence-electron chi connectivity index (χ0n) is 16.4. The summed E-state index contributed by atoms with van der Waals surface area (Å²) in [4.78, 5) is 25.3. The molecule has 29 heavy (non-hydrogen) atoms. The average Bonchev–Trinajstić information content (AvgIpc) is 3.11. The minimum absolute atomic E-state index is 0.223. The minimum Gasteiger partial charge on any atom is -0.494 e. The number of anilines is 2. The van der Waals surface area contributed by atoms with Crippen LogP contribution in [0, 0.1) is 0 Å². The Hall–Kier alpha value is -3.74. The molecule has 0 bridgehead atoms. The third-order valence-electron chi connectivity index (χ3n) is 4.77. The van der Waals surface area contributed by atoms with E-state index in [1.54, 1.807) is 7.05 Å². The number of para-hydroxylation sites is 1. The first kappa shape index (κ1) is 18.6. The number of hydrogen-bond donors (Lipinski definition) is 1. The van der Waals surface area contributed by atoms with Gasteiger partial charge in [-0.1, -0.05) is 30.3 Å². The number of nitrogens with zero attached hydrogens (tertiary/aromatic N) is 2. The van der Waals surface area contributed by atoms with Crippen molar-refractivity contribution in [2.45, 2.75) is 6.92 Å². The number of nitrogens with one attached hydrogen (secondary N) is 1. The maximum absolute atomic E-state index is 13.0. The number of fused-ring (bicyclic) bond motifs is 1. The molecule has 0 aliphatic heterocycles. The van der Waals surface area contributed by atoms with Crippen LogP contribution in [0.2, 0.25) is 0 Å². The van der Waals surface area contributed by atoms with E-state index in [0.29, 0.717) is 23.4 Å². The highest BCUT2D eigenvalue weighted by Gasteiger charge is 2.23. The lowest BCUT2D eigenvalue weighted by Crippen LogP contribution is -2.36. The topological polar surface area (TPSA) is 78.4 Å². The molecule has 0 fully saturated rings. The lowest BCUT2D eigenvalue weighted by molar-refractivity contribution is 0.340. The van der Waals surface area contributed by atoms with Crippen molar-refractivity contribution in [3.05, 3.63) is 75.4 Å². The Bertz CT molecular complexity index is 1280. The van der Waals surface area contributed by atoms with Crippen molar-refractivity contribution in [3.63, 3.8) is 0 Å². The summed E-state index contributed by atoms with van der Waals surface area (Å²) in [6.45, 7) is 2.49. The van der Waals surface area contributed by atoms with E-state index in [0.717, 1.165) is 21.6 Å². The Kier molecular flexibility index (Phi) is 4.72. The van der Waals surface area contributed by atoms with Gasteiger partial charge in [0, 0.05) is 19.8 Å². The molecule has 0 unspecified atom stereocenters. The first-order valence-corrected chi connectivity index (χ1v) is 9.29. The van der Waals surface area contributed by atoms with Crippen LogP contribution in [0.15, 0.2) is 68.6 Å². The normalized spacial score (nSPS) is 11.0. The highest BCUT2D eigenvalue weighted by atomic mass is 16.5. The molecule has 0 atom stereocenters. The predicted molar refractivity (Wildman–Crippen MR) is 113 cm³/mol. The molecule has 0 saturated heterocycles. The van der Waals surface area contributed by atoms with Crippen molar-refractivity contribution >= 4 is 22.7 Å². The van der Waals surface area contributed by atoms with Crippen molar-refractivity contribution in [2.75, 3.05) is 11.9 Å². The van der Waals surface area contributed by atoms with Gasteiger partial charge in [0.25, 0.3) is 5.56 Å². The number of aromatic nitrogens is 2. The van der Waals surface area contributed by atoms with E-state index in [-0.39, 0.29) is 5.71 Å². The molecule has 0 saturated carbocycles. The van der Waals surface area contributed by atoms with Gasteiger partial charge in [-0.05, 0) is 36.8 Å². The van der Waals surface area contributed by atoms with Gasteiger partial charge in [-0.15, -0.1) is 0 Å². The molecule has 0 spiro atoms. The summed E-state index contributed by atoms with van der Waals surface area (Å²) >= 11 is 0. The summed E-state index contributed by atoms with van der Waals surface area (Å²) in [5.41, 5.74) is 1.56.